The number of aromatic nitrogens is 3. The maximum absolute atomic E-state index is 4.72. The average Bonchev–Trinajstić information content (AvgIpc) is 3.26. The van der Waals surface area contributed by atoms with Gasteiger partial charge in [0.1, 0.15) is 12.7 Å². The quantitative estimate of drug-likeness (QED) is 0.211. The normalized spacial score (nSPS) is 11.1. The predicted molar refractivity (Wildman–Crippen MR) is 131 cm³/mol. The van der Waals surface area contributed by atoms with Gasteiger partial charge in [-0.1, -0.05) is 24.3 Å². The zero-order valence-corrected chi connectivity index (χ0v) is 20.1. The second-order valence-corrected chi connectivity index (χ2v) is 7.22. The van der Waals surface area contributed by atoms with Gasteiger partial charge in [-0.25, -0.2) is 14.7 Å². The summed E-state index contributed by atoms with van der Waals surface area (Å²) < 4.78 is 1.74. The molecule has 0 radical (unpaired) electrons. The van der Waals surface area contributed by atoms with E-state index in [0.29, 0.717) is 6.54 Å². The Labute approximate surface area is 193 Å². The lowest BCUT2D eigenvalue weighted by molar-refractivity contribution is 0.807. The molecule has 0 spiro atoms. The van der Waals surface area contributed by atoms with Gasteiger partial charge in [-0.05, 0) is 55.0 Å². The van der Waals surface area contributed by atoms with Gasteiger partial charge >= 0.3 is 0 Å². The van der Waals surface area contributed by atoms with Gasteiger partial charge in [-0.2, -0.15) is 5.10 Å². The molecule has 0 unspecified atom stereocenters. The number of aryl methyl sites for hydroxylation is 1. The van der Waals surface area contributed by atoms with Crippen LogP contribution in [-0.2, 0) is 13.1 Å². The van der Waals surface area contributed by atoms with Crippen LogP contribution >= 0.6 is 35.7 Å². The molecule has 0 amide bonds. The van der Waals surface area contributed by atoms with Crippen LogP contribution in [0.15, 0.2) is 65.0 Å². The number of aliphatic imine (C=N–C) groups is 1. The Morgan fingerprint density at radius 2 is 1.93 bits per heavy atom. The van der Waals surface area contributed by atoms with Gasteiger partial charge in [-0.3, -0.25) is 0 Å². The summed E-state index contributed by atoms with van der Waals surface area (Å²) in [5.41, 5.74) is 4.68. The first-order chi connectivity index (χ1) is 13.7. The summed E-state index contributed by atoms with van der Waals surface area (Å²) in [7, 11) is 0. The van der Waals surface area contributed by atoms with Gasteiger partial charge in [0, 0.05) is 18.0 Å². The SMILES string of the molecule is CCNC(=NCc1ccc(-n2cncn2)cc1)NCc1ccc(C)cc1SC.I. The number of nitrogens with one attached hydrogen (secondary N) is 2. The van der Waals surface area contributed by atoms with Crippen LogP contribution in [0, 0.1) is 6.92 Å². The van der Waals surface area contributed by atoms with Gasteiger partial charge in [-0.15, -0.1) is 35.7 Å². The minimum atomic E-state index is 0. The van der Waals surface area contributed by atoms with Crippen molar-refractivity contribution in [3.8, 4) is 5.69 Å². The van der Waals surface area contributed by atoms with Crippen molar-refractivity contribution >= 4 is 41.7 Å². The maximum atomic E-state index is 4.72. The highest BCUT2D eigenvalue weighted by atomic mass is 127. The fourth-order valence-electron chi connectivity index (χ4n) is 2.78. The van der Waals surface area contributed by atoms with Crippen LogP contribution in [0.3, 0.4) is 0 Å². The van der Waals surface area contributed by atoms with Crippen molar-refractivity contribution < 1.29 is 0 Å². The summed E-state index contributed by atoms with van der Waals surface area (Å²) in [5.74, 6) is 0.815. The van der Waals surface area contributed by atoms with Crippen LogP contribution in [0.4, 0.5) is 0 Å². The third-order valence-corrected chi connectivity index (χ3v) is 5.09. The Balaban J connectivity index is 0.00000300. The molecule has 29 heavy (non-hydrogen) atoms. The first-order valence-corrected chi connectivity index (χ1v) is 10.5. The summed E-state index contributed by atoms with van der Waals surface area (Å²) in [6.07, 6.45) is 5.33. The average molecular weight is 522 g/mol. The molecular formula is C21H27IN6S. The number of hydrogen-bond acceptors (Lipinski definition) is 4. The molecule has 1 aromatic heterocycles. The van der Waals surface area contributed by atoms with Crippen molar-refractivity contribution in [2.24, 2.45) is 4.99 Å². The van der Waals surface area contributed by atoms with Crippen LogP contribution in [0.1, 0.15) is 23.6 Å². The van der Waals surface area contributed by atoms with E-state index in [4.69, 9.17) is 4.99 Å². The van der Waals surface area contributed by atoms with Crippen LogP contribution in [-0.4, -0.2) is 33.5 Å². The molecule has 0 aliphatic carbocycles. The van der Waals surface area contributed by atoms with E-state index in [-0.39, 0.29) is 24.0 Å². The van der Waals surface area contributed by atoms with Crippen LogP contribution < -0.4 is 10.6 Å². The van der Waals surface area contributed by atoms with Crippen molar-refractivity contribution in [3.63, 3.8) is 0 Å². The lowest BCUT2D eigenvalue weighted by atomic mass is 10.1. The molecular weight excluding hydrogens is 495 g/mol. The zero-order chi connectivity index (χ0) is 19.8. The van der Waals surface area contributed by atoms with Crippen molar-refractivity contribution in [2.75, 3.05) is 12.8 Å². The molecule has 6 nitrogen and oxygen atoms in total. The molecule has 3 rings (SSSR count). The van der Waals surface area contributed by atoms with Gasteiger partial charge < -0.3 is 10.6 Å². The number of halogens is 1. The topological polar surface area (TPSA) is 67.1 Å². The van der Waals surface area contributed by atoms with Crippen molar-refractivity contribution in [1.29, 1.82) is 0 Å². The van der Waals surface area contributed by atoms with Crippen LogP contribution in [0.2, 0.25) is 0 Å². The van der Waals surface area contributed by atoms with E-state index in [2.05, 4.69) is 71.2 Å². The Bertz CT molecular complexity index is 909. The summed E-state index contributed by atoms with van der Waals surface area (Å²) in [5, 5.41) is 10.9. The Hall–Kier alpha value is -2.07. The van der Waals surface area contributed by atoms with Gasteiger partial charge in [0.25, 0.3) is 0 Å². The molecule has 1 heterocycles. The lowest BCUT2D eigenvalue weighted by Crippen LogP contribution is -2.36. The van der Waals surface area contributed by atoms with Crippen LogP contribution in [0.25, 0.3) is 5.69 Å². The molecule has 0 fully saturated rings. The molecule has 3 aromatic rings. The molecule has 0 aliphatic heterocycles. The summed E-state index contributed by atoms with van der Waals surface area (Å²) in [4.78, 5) is 9.99. The fourth-order valence-corrected chi connectivity index (χ4v) is 3.49. The molecule has 2 N–H and O–H groups in total. The minimum Gasteiger partial charge on any atom is -0.357 e. The monoisotopic (exact) mass is 522 g/mol. The second kappa shape index (κ2) is 11.8. The van der Waals surface area contributed by atoms with Crippen LogP contribution in [0.5, 0.6) is 0 Å². The smallest absolute Gasteiger partial charge is 0.191 e. The highest BCUT2D eigenvalue weighted by Crippen LogP contribution is 2.21. The zero-order valence-electron chi connectivity index (χ0n) is 16.9. The summed E-state index contributed by atoms with van der Waals surface area (Å²) in [6, 6.07) is 14.7. The second-order valence-electron chi connectivity index (χ2n) is 6.37. The number of hydrogen-bond donors (Lipinski definition) is 2. The Morgan fingerprint density at radius 3 is 2.59 bits per heavy atom. The molecule has 0 atom stereocenters. The van der Waals surface area contributed by atoms with Crippen molar-refractivity contribution in [2.45, 2.75) is 31.8 Å². The highest BCUT2D eigenvalue weighted by molar-refractivity contribution is 14.0. The molecule has 0 saturated heterocycles. The lowest BCUT2D eigenvalue weighted by Gasteiger charge is -2.14. The minimum absolute atomic E-state index is 0. The summed E-state index contributed by atoms with van der Waals surface area (Å²) >= 11 is 1.77. The third-order valence-electron chi connectivity index (χ3n) is 4.27. The molecule has 8 heteroatoms. The Kier molecular flexibility index (Phi) is 9.46. The van der Waals surface area contributed by atoms with E-state index >= 15 is 0 Å². The van der Waals surface area contributed by atoms with E-state index in [1.807, 2.05) is 12.1 Å². The number of rotatable bonds is 7. The standard InChI is InChI=1S/C21H26N6S.HI/c1-4-23-21(25-13-18-8-5-16(2)11-20(18)28-3)24-12-17-6-9-19(10-7-17)27-15-22-14-26-27;/h5-11,14-15H,4,12-13H2,1-3H3,(H2,23,24,25);1H. The third kappa shape index (κ3) is 6.74. The molecule has 0 saturated carbocycles. The van der Waals surface area contributed by atoms with E-state index in [9.17, 15) is 0 Å². The van der Waals surface area contributed by atoms with Crippen molar-refractivity contribution in [3.05, 3.63) is 71.8 Å². The molecule has 2 aromatic carbocycles. The first-order valence-electron chi connectivity index (χ1n) is 9.29. The number of guanidine groups is 1. The molecule has 0 aliphatic rings. The van der Waals surface area contributed by atoms with E-state index in [1.165, 1.54) is 22.3 Å². The fraction of sp³-hybridized carbons (Fsp3) is 0.286. The first kappa shape index (κ1) is 23.2. The summed E-state index contributed by atoms with van der Waals surface area (Å²) in [6.45, 7) is 6.37. The molecule has 154 valence electrons. The van der Waals surface area contributed by atoms with Gasteiger partial charge in [0.15, 0.2) is 5.96 Å². The number of thioether (sulfide) groups is 1. The highest BCUT2D eigenvalue weighted by Gasteiger charge is 2.04. The maximum Gasteiger partial charge on any atom is 0.191 e. The largest absolute Gasteiger partial charge is 0.357 e. The van der Waals surface area contributed by atoms with Gasteiger partial charge in [0.2, 0.25) is 0 Å². The molecule has 0 bridgehead atoms. The van der Waals surface area contributed by atoms with Gasteiger partial charge in [0.05, 0.1) is 12.2 Å². The van der Waals surface area contributed by atoms with Crippen molar-refractivity contribution in [1.82, 2.24) is 25.4 Å². The van der Waals surface area contributed by atoms with E-state index in [0.717, 1.165) is 30.3 Å². The van der Waals surface area contributed by atoms with E-state index < -0.39 is 0 Å². The predicted octanol–water partition coefficient (Wildman–Crippen LogP) is 4.17. The number of benzene rings is 2. The Morgan fingerprint density at radius 1 is 1.14 bits per heavy atom. The van der Waals surface area contributed by atoms with E-state index in [1.54, 1.807) is 22.8 Å². The number of nitrogens with zero attached hydrogens (tertiary/aromatic N) is 4.